The molecule has 22 heavy (non-hydrogen) atoms. The van der Waals surface area contributed by atoms with Gasteiger partial charge in [-0.05, 0) is 52.7 Å². The summed E-state index contributed by atoms with van der Waals surface area (Å²) in [6.07, 6.45) is 2.65. The minimum absolute atomic E-state index is 0.0236. The van der Waals surface area contributed by atoms with Gasteiger partial charge in [-0.1, -0.05) is 6.07 Å². The van der Waals surface area contributed by atoms with Crippen molar-refractivity contribution >= 4 is 6.03 Å². The van der Waals surface area contributed by atoms with Crippen LogP contribution in [-0.2, 0) is 11.2 Å². The van der Waals surface area contributed by atoms with E-state index in [9.17, 15) is 4.79 Å². The molecule has 5 heteroatoms. The Labute approximate surface area is 133 Å². The third kappa shape index (κ3) is 4.70. The summed E-state index contributed by atoms with van der Waals surface area (Å²) in [5, 5.41) is 2.99. The number of ether oxygens (including phenoxy) is 1. The number of hydrogen-bond donors (Lipinski definition) is 1. The molecular weight excluding hydrogens is 278 g/mol. The molecule has 0 spiro atoms. The maximum atomic E-state index is 12.4. The highest BCUT2D eigenvalue weighted by atomic mass is 16.5. The van der Waals surface area contributed by atoms with Crippen LogP contribution in [0.3, 0.4) is 0 Å². The third-order valence-corrected chi connectivity index (χ3v) is 3.65. The zero-order chi connectivity index (χ0) is 16.4. The van der Waals surface area contributed by atoms with Gasteiger partial charge in [-0.25, -0.2) is 4.79 Å². The van der Waals surface area contributed by atoms with E-state index in [2.05, 4.69) is 16.4 Å². The van der Waals surface area contributed by atoms with Crippen molar-refractivity contribution < 1.29 is 9.53 Å². The van der Waals surface area contributed by atoms with Crippen molar-refractivity contribution in [2.75, 3.05) is 19.6 Å². The van der Waals surface area contributed by atoms with E-state index in [0.29, 0.717) is 19.6 Å². The Morgan fingerprint density at radius 2 is 1.91 bits per heavy atom. The number of pyridine rings is 1. The van der Waals surface area contributed by atoms with Gasteiger partial charge in [0, 0.05) is 18.4 Å². The highest BCUT2D eigenvalue weighted by Crippen LogP contribution is 2.27. The second kappa shape index (κ2) is 6.24. The zero-order valence-electron chi connectivity index (χ0n) is 14.3. The molecular formula is C17H27N3O2. The lowest BCUT2D eigenvalue weighted by Crippen LogP contribution is -2.60. The summed E-state index contributed by atoms with van der Waals surface area (Å²) in [6.45, 7) is 11.9. The fraction of sp³-hybridized carbons (Fsp3) is 0.647. The van der Waals surface area contributed by atoms with Crippen molar-refractivity contribution in [3.05, 3.63) is 29.6 Å². The summed E-state index contributed by atoms with van der Waals surface area (Å²) in [7, 11) is 0. The van der Waals surface area contributed by atoms with Gasteiger partial charge in [-0.15, -0.1) is 0 Å². The van der Waals surface area contributed by atoms with Gasteiger partial charge in [0.1, 0.15) is 0 Å². The molecule has 0 aromatic carbocycles. The third-order valence-electron chi connectivity index (χ3n) is 3.65. The van der Waals surface area contributed by atoms with Crippen LogP contribution in [0.15, 0.2) is 18.3 Å². The lowest BCUT2D eigenvalue weighted by Gasteiger charge is -2.47. The zero-order valence-corrected chi connectivity index (χ0v) is 14.3. The van der Waals surface area contributed by atoms with Crippen molar-refractivity contribution in [3.8, 4) is 0 Å². The molecule has 1 saturated heterocycles. The fourth-order valence-corrected chi connectivity index (χ4v) is 3.00. The molecule has 2 rings (SSSR count). The van der Waals surface area contributed by atoms with Crippen LogP contribution in [0.2, 0.25) is 0 Å². The molecule has 122 valence electrons. The van der Waals surface area contributed by atoms with Crippen LogP contribution < -0.4 is 5.32 Å². The highest BCUT2D eigenvalue weighted by Gasteiger charge is 2.39. The molecule has 5 nitrogen and oxygen atoms in total. The van der Waals surface area contributed by atoms with Crippen LogP contribution in [0.5, 0.6) is 0 Å². The van der Waals surface area contributed by atoms with Crippen molar-refractivity contribution in [2.45, 2.75) is 52.2 Å². The molecule has 0 unspecified atom stereocenters. The number of nitrogens with zero attached hydrogens (tertiary/aromatic N) is 2. The predicted octanol–water partition coefficient (Wildman–Crippen LogP) is 2.53. The number of aromatic nitrogens is 1. The lowest BCUT2D eigenvalue weighted by molar-refractivity contribution is -0.170. The number of aryl methyl sites for hydroxylation is 1. The van der Waals surface area contributed by atoms with E-state index in [0.717, 1.165) is 17.7 Å². The molecule has 1 aliphatic rings. The summed E-state index contributed by atoms with van der Waals surface area (Å²) in [5.41, 5.74) is 1.50. The number of hydrogen-bond acceptors (Lipinski definition) is 3. The van der Waals surface area contributed by atoms with E-state index in [1.54, 1.807) is 0 Å². The number of urea groups is 1. The Bertz CT molecular complexity index is 507. The summed E-state index contributed by atoms with van der Waals surface area (Å²) < 4.78 is 6.00. The van der Waals surface area contributed by atoms with Crippen LogP contribution in [0.4, 0.5) is 4.79 Å². The molecule has 0 aliphatic carbocycles. The average Bonchev–Trinajstić information content (AvgIpc) is 2.37. The first-order valence-electron chi connectivity index (χ1n) is 7.81. The minimum Gasteiger partial charge on any atom is -0.366 e. The van der Waals surface area contributed by atoms with Gasteiger partial charge in [0.15, 0.2) is 0 Å². The summed E-state index contributed by atoms with van der Waals surface area (Å²) >= 11 is 0. The van der Waals surface area contributed by atoms with E-state index in [1.807, 2.05) is 51.8 Å². The van der Waals surface area contributed by atoms with Gasteiger partial charge in [-0.3, -0.25) is 4.98 Å². The highest BCUT2D eigenvalue weighted by molar-refractivity contribution is 5.74. The van der Waals surface area contributed by atoms with E-state index in [4.69, 9.17) is 4.74 Å². The molecule has 1 aromatic heterocycles. The Morgan fingerprint density at radius 3 is 2.45 bits per heavy atom. The number of morpholine rings is 1. The second-order valence-corrected chi connectivity index (χ2v) is 7.27. The molecule has 1 aromatic rings. The number of rotatable bonds is 3. The first kappa shape index (κ1) is 16.7. The van der Waals surface area contributed by atoms with Crippen LogP contribution in [0, 0.1) is 6.92 Å². The van der Waals surface area contributed by atoms with E-state index in [-0.39, 0.29) is 17.2 Å². The largest absolute Gasteiger partial charge is 0.366 e. The monoisotopic (exact) mass is 305 g/mol. The summed E-state index contributed by atoms with van der Waals surface area (Å²) in [4.78, 5) is 18.5. The van der Waals surface area contributed by atoms with Crippen molar-refractivity contribution in [2.24, 2.45) is 0 Å². The minimum atomic E-state index is -0.319. The Kier molecular flexibility index (Phi) is 4.75. The van der Waals surface area contributed by atoms with Crippen LogP contribution in [-0.4, -0.2) is 46.8 Å². The first-order valence-corrected chi connectivity index (χ1v) is 7.81. The number of nitrogens with one attached hydrogen (secondary N) is 1. The van der Waals surface area contributed by atoms with E-state index in [1.165, 1.54) is 0 Å². The van der Waals surface area contributed by atoms with Gasteiger partial charge in [0.05, 0.1) is 24.3 Å². The van der Waals surface area contributed by atoms with Gasteiger partial charge >= 0.3 is 6.03 Å². The average molecular weight is 305 g/mol. The first-order chi connectivity index (χ1) is 10.2. The van der Waals surface area contributed by atoms with Crippen LogP contribution in [0.1, 0.15) is 39.0 Å². The SMILES string of the molecule is Cc1ccc(CCNC(=O)N2CC(C)(C)OC(C)(C)C2)cn1. The maximum absolute atomic E-state index is 12.4. The number of carbonyl (C=O) groups excluding carboxylic acids is 1. The fourth-order valence-electron chi connectivity index (χ4n) is 3.00. The standard InChI is InChI=1S/C17H27N3O2/c1-13-6-7-14(10-19-13)8-9-18-15(21)20-11-16(2,3)22-17(4,5)12-20/h6-7,10H,8-9,11-12H2,1-5H3,(H,18,21). The topological polar surface area (TPSA) is 54.5 Å². The molecule has 0 atom stereocenters. The second-order valence-electron chi connectivity index (χ2n) is 7.27. The number of amides is 2. The van der Waals surface area contributed by atoms with Crippen molar-refractivity contribution in [1.82, 2.24) is 15.2 Å². The molecule has 0 radical (unpaired) electrons. The van der Waals surface area contributed by atoms with Gasteiger partial charge in [0.25, 0.3) is 0 Å². The molecule has 2 heterocycles. The van der Waals surface area contributed by atoms with Crippen LogP contribution >= 0.6 is 0 Å². The Hall–Kier alpha value is -1.62. The molecule has 1 N–H and O–H groups in total. The summed E-state index contributed by atoms with van der Waals surface area (Å²) in [5.74, 6) is 0. The maximum Gasteiger partial charge on any atom is 0.317 e. The lowest BCUT2D eigenvalue weighted by atomic mass is 9.99. The Morgan fingerprint density at radius 1 is 1.27 bits per heavy atom. The molecule has 1 fully saturated rings. The van der Waals surface area contributed by atoms with Gasteiger partial charge < -0.3 is 15.0 Å². The van der Waals surface area contributed by atoms with Crippen molar-refractivity contribution in [3.63, 3.8) is 0 Å². The van der Waals surface area contributed by atoms with Crippen molar-refractivity contribution in [1.29, 1.82) is 0 Å². The van der Waals surface area contributed by atoms with Crippen LogP contribution in [0.25, 0.3) is 0 Å². The number of carbonyl (C=O) groups is 1. The summed E-state index contributed by atoms with van der Waals surface area (Å²) in [6, 6.07) is 4.02. The van der Waals surface area contributed by atoms with E-state index >= 15 is 0 Å². The molecule has 0 bridgehead atoms. The predicted molar refractivity (Wildman–Crippen MR) is 86.9 cm³/mol. The Balaban J connectivity index is 1.85. The molecule has 1 aliphatic heterocycles. The van der Waals surface area contributed by atoms with Gasteiger partial charge in [0.2, 0.25) is 0 Å². The smallest absolute Gasteiger partial charge is 0.317 e. The quantitative estimate of drug-likeness (QED) is 0.933. The van der Waals surface area contributed by atoms with Gasteiger partial charge in [-0.2, -0.15) is 0 Å². The van der Waals surface area contributed by atoms with E-state index < -0.39 is 0 Å². The normalized spacial score (nSPS) is 19.8. The molecule has 2 amide bonds. The molecule has 0 saturated carbocycles.